The van der Waals surface area contributed by atoms with E-state index in [1.165, 1.54) is 7.11 Å². The Morgan fingerprint density at radius 3 is 2.20 bits per heavy atom. The van der Waals surface area contributed by atoms with Gasteiger partial charge in [0.25, 0.3) is 5.91 Å². The lowest BCUT2D eigenvalue weighted by molar-refractivity contribution is -0.140. The number of hydrogen-bond donors (Lipinski definition) is 0. The van der Waals surface area contributed by atoms with Crippen molar-refractivity contribution < 1.29 is 19.1 Å². The van der Waals surface area contributed by atoms with Crippen LogP contribution in [0.2, 0.25) is 5.02 Å². The first-order valence-corrected chi connectivity index (χ1v) is 8.21. The number of halogens is 1. The van der Waals surface area contributed by atoms with E-state index < -0.39 is 0 Å². The zero-order valence-electron chi connectivity index (χ0n) is 14.2. The topological polar surface area (TPSA) is 55.8 Å². The molecule has 0 N–H and O–H groups in total. The van der Waals surface area contributed by atoms with E-state index in [4.69, 9.17) is 16.3 Å². The predicted octanol–water partition coefficient (Wildman–Crippen LogP) is 3.95. The first-order valence-electron chi connectivity index (χ1n) is 7.83. The molecular formula is C19H20ClNO4. The molecule has 6 heteroatoms. The maximum atomic E-state index is 12.9. The third kappa shape index (κ3) is 5.22. The zero-order chi connectivity index (χ0) is 18.2. The van der Waals surface area contributed by atoms with Crippen molar-refractivity contribution in [1.82, 2.24) is 0 Å². The maximum absolute atomic E-state index is 12.9. The number of ether oxygens (including phenoxy) is 2. The molecule has 0 saturated carbocycles. The molecule has 0 aromatic heterocycles. The largest absolute Gasteiger partial charge is 0.497 e. The lowest BCUT2D eigenvalue weighted by Crippen LogP contribution is -2.32. The maximum Gasteiger partial charge on any atom is 0.305 e. The summed E-state index contributed by atoms with van der Waals surface area (Å²) in [7, 11) is 2.93. The second-order valence-corrected chi connectivity index (χ2v) is 5.78. The highest BCUT2D eigenvalue weighted by molar-refractivity contribution is 6.30. The number of benzene rings is 2. The molecule has 0 unspecified atom stereocenters. The Balaban J connectivity index is 2.21. The van der Waals surface area contributed by atoms with E-state index in [0.29, 0.717) is 29.3 Å². The number of anilines is 1. The molecule has 2 aromatic carbocycles. The highest BCUT2D eigenvalue weighted by atomic mass is 35.5. The van der Waals surface area contributed by atoms with E-state index in [0.717, 1.165) is 5.69 Å². The number of amides is 1. The molecule has 0 spiro atoms. The summed E-state index contributed by atoms with van der Waals surface area (Å²) >= 11 is 5.89. The number of esters is 1. The fraction of sp³-hybridized carbons (Fsp3) is 0.263. The summed E-state index contributed by atoms with van der Waals surface area (Å²) in [6.45, 7) is 0.392. The number of carbonyl (C=O) groups is 2. The molecule has 0 saturated heterocycles. The van der Waals surface area contributed by atoms with E-state index >= 15 is 0 Å². The lowest BCUT2D eigenvalue weighted by atomic mass is 10.1. The summed E-state index contributed by atoms with van der Waals surface area (Å²) in [5.74, 6) is 0.248. The van der Waals surface area contributed by atoms with Crippen LogP contribution in [0.25, 0.3) is 0 Å². The molecule has 0 fully saturated rings. The number of nitrogens with zero attached hydrogens (tertiary/aromatic N) is 1. The Kier molecular flexibility index (Phi) is 6.83. The van der Waals surface area contributed by atoms with Gasteiger partial charge in [0.2, 0.25) is 0 Å². The normalized spacial score (nSPS) is 10.2. The van der Waals surface area contributed by atoms with Gasteiger partial charge >= 0.3 is 5.97 Å². The Labute approximate surface area is 152 Å². The summed E-state index contributed by atoms with van der Waals surface area (Å²) < 4.78 is 9.81. The van der Waals surface area contributed by atoms with Crippen molar-refractivity contribution in [2.45, 2.75) is 12.8 Å². The molecule has 1 amide bonds. The van der Waals surface area contributed by atoms with Gasteiger partial charge in [0, 0.05) is 29.2 Å². The lowest BCUT2D eigenvalue weighted by Gasteiger charge is -2.23. The van der Waals surface area contributed by atoms with Crippen LogP contribution in [0.5, 0.6) is 5.75 Å². The summed E-state index contributed by atoms with van der Waals surface area (Å²) in [6.07, 6.45) is 0.745. The summed E-state index contributed by atoms with van der Waals surface area (Å²) in [5.41, 5.74) is 1.25. The van der Waals surface area contributed by atoms with Gasteiger partial charge in [-0.2, -0.15) is 0 Å². The van der Waals surface area contributed by atoms with Crippen molar-refractivity contribution in [3.05, 3.63) is 59.1 Å². The summed E-state index contributed by atoms with van der Waals surface area (Å²) in [4.78, 5) is 25.9. The Hall–Kier alpha value is -2.53. The van der Waals surface area contributed by atoms with Gasteiger partial charge in [0.15, 0.2) is 0 Å². The first kappa shape index (κ1) is 18.8. The zero-order valence-corrected chi connectivity index (χ0v) is 15.0. The quantitative estimate of drug-likeness (QED) is 0.701. The fourth-order valence-electron chi connectivity index (χ4n) is 2.34. The third-order valence-corrected chi connectivity index (χ3v) is 3.96. The molecular weight excluding hydrogens is 342 g/mol. The van der Waals surface area contributed by atoms with Crippen molar-refractivity contribution in [1.29, 1.82) is 0 Å². The third-order valence-electron chi connectivity index (χ3n) is 3.71. The summed E-state index contributed by atoms with van der Waals surface area (Å²) in [5, 5.41) is 0.568. The minimum atomic E-state index is -0.298. The minimum absolute atomic E-state index is 0.160. The monoisotopic (exact) mass is 361 g/mol. The van der Waals surface area contributed by atoms with Gasteiger partial charge in [-0.1, -0.05) is 11.6 Å². The standard InChI is InChI=1S/C19H20ClNO4/c1-24-17-11-9-16(10-12-17)21(13-3-4-18(22)25-2)19(23)14-5-7-15(20)8-6-14/h5-12H,3-4,13H2,1-2H3. The van der Waals surface area contributed by atoms with Gasteiger partial charge in [-0.05, 0) is 55.0 Å². The second kappa shape index (κ2) is 9.08. The average Bonchev–Trinajstić information content (AvgIpc) is 2.65. The van der Waals surface area contributed by atoms with Crippen LogP contribution in [-0.2, 0) is 9.53 Å². The van der Waals surface area contributed by atoms with Crippen LogP contribution in [0, 0.1) is 0 Å². The molecule has 0 heterocycles. The molecule has 2 aromatic rings. The first-order chi connectivity index (χ1) is 12.0. The molecule has 0 aliphatic rings. The van der Waals surface area contributed by atoms with Crippen molar-refractivity contribution in [2.24, 2.45) is 0 Å². The molecule has 25 heavy (non-hydrogen) atoms. The number of carbonyl (C=O) groups excluding carboxylic acids is 2. The molecule has 5 nitrogen and oxygen atoms in total. The van der Waals surface area contributed by atoms with Crippen LogP contribution in [-0.4, -0.2) is 32.6 Å². The van der Waals surface area contributed by atoms with E-state index in [-0.39, 0.29) is 18.3 Å². The van der Waals surface area contributed by atoms with Crippen molar-refractivity contribution in [3.8, 4) is 5.75 Å². The van der Waals surface area contributed by atoms with Crippen molar-refractivity contribution in [2.75, 3.05) is 25.7 Å². The van der Waals surface area contributed by atoms with E-state index in [2.05, 4.69) is 4.74 Å². The van der Waals surface area contributed by atoms with Crippen LogP contribution in [0.4, 0.5) is 5.69 Å². The minimum Gasteiger partial charge on any atom is -0.497 e. The molecule has 0 aliphatic carbocycles. The predicted molar refractivity (Wildman–Crippen MR) is 97.4 cm³/mol. The SMILES string of the molecule is COC(=O)CCCN(C(=O)c1ccc(Cl)cc1)c1ccc(OC)cc1. The van der Waals surface area contributed by atoms with Crippen LogP contribution in [0.1, 0.15) is 23.2 Å². The van der Waals surface area contributed by atoms with Crippen LogP contribution in [0.3, 0.4) is 0 Å². The highest BCUT2D eigenvalue weighted by Gasteiger charge is 2.18. The van der Waals surface area contributed by atoms with Crippen molar-refractivity contribution >= 4 is 29.2 Å². The average molecular weight is 362 g/mol. The van der Waals surface area contributed by atoms with Gasteiger partial charge in [-0.25, -0.2) is 0 Å². The van der Waals surface area contributed by atoms with Gasteiger partial charge < -0.3 is 14.4 Å². The molecule has 0 radical (unpaired) electrons. The van der Waals surface area contributed by atoms with E-state index in [1.807, 2.05) is 12.1 Å². The Morgan fingerprint density at radius 2 is 1.64 bits per heavy atom. The van der Waals surface area contributed by atoms with Gasteiger partial charge in [-0.15, -0.1) is 0 Å². The van der Waals surface area contributed by atoms with Gasteiger partial charge in [0.1, 0.15) is 5.75 Å². The Bertz CT molecular complexity index is 713. The van der Waals surface area contributed by atoms with Gasteiger partial charge in [-0.3, -0.25) is 9.59 Å². The number of hydrogen-bond acceptors (Lipinski definition) is 4. The van der Waals surface area contributed by atoms with E-state index in [9.17, 15) is 9.59 Å². The number of methoxy groups -OCH3 is 2. The summed E-state index contributed by atoms with van der Waals surface area (Å²) in [6, 6.07) is 13.9. The van der Waals surface area contributed by atoms with Gasteiger partial charge in [0.05, 0.1) is 14.2 Å². The van der Waals surface area contributed by atoms with Crippen LogP contribution in [0.15, 0.2) is 48.5 Å². The van der Waals surface area contributed by atoms with E-state index in [1.54, 1.807) is 48.4 Å². The fourth-order valence-corrected chi connectivity index (χ4v) is 2.47. The highest BCUT2D eigenvalue weighted by Crippen LogP contribution is 2.22. The Morgan fingerprint density at radius 1 is 1.00 bits per heavy atom. The van der Waals surface area contributed by atoms with Crippen LogP contribution < -0.4 is 9.64 Å². The molecule has 0 aliphatic heterocycles. The van der Waals surface area contributed by atoms with Crippen molar-refractivity contribution in [3.63, 3.8) is 0 Å². The van der Waals surface area contributed by atoms with Crippen LogP contribution >= 0.6 is 11.6 Å². The molecule has 0 bridgehead atoms. The number of rotatable bonds is 7. The second-order valence-electron chi connectivity index (χ2n) is 5.34. The molecule has 0 atom stereocenters. The molecule has 2 rings (SSSR count). The smallest absolute Gasteiger partial charge is 0.305 e. The molecule has 132 valence electrons.